The smallest absolute Gasteiger partial charge is 0.320 e. The Balaban J connectivity index is 1.91. The minimum absolute atomic E-state index is 0.0339. The molecular weight excluding hydrogens is 372 g/mol. The second-order valence-corrected chi connectivity index (χ2v) is 7.46. The normalized spacial score (nSPS) is 16.0. The van der Waals surface area contributed by atoms with Crippen molar-refractivity contribution in [2.45, 2.75) is 57.6 Å². The van der Waals surface area contributed by atoms with Crippen molar-refractivity contribution in [3.8, 4) is 0 Å². The lowest BCUT2D eigenvalue weighted by molar-refractivity contribution is -0.139. The van der Waals surface area contributed by atoms with E-state index < -0.39 is 12.0 Å². The molecule has 7 heteroatoms. The van der Waals surface area contributed by atoms with Crippen molar-refractivity contribution < 1.29 is 24.2 Å². The van der Waals surface area contributed by atoms with Gasteiger partial charge < -0.3 is 24.8 Å². The van der Waals surface area contributed by atoms with E-state index >= 15 is 0 Å². The van der Waals surface area contributed by atoms with Crippen LogP contribution in [0.2, 0.25) is 0 Å². The average molecular weight is 407 g/mol. The number of aliphatic carboxylic acids is 1. The Morgan fingerprint density at radius 3 is 2.66 bits per heavy atom. The van der Waals surface area contributed by atoms with Crippen LogP contribution in [-0.2, 0) is 20.7 Å². The van der Waals surface area contributed by atoms with Crippen LogP contribution in [0.1, 0.15) is 54.9 Å². The maximum absolute atomic E-state index is 13.0. The zero-order chi connectivity index (χ0) is 21.1. The molecule has 1 heterocycles. The third-order valence-electron chi connectivity index (χ3n) is 5.33. The summed E-state index contributed by atoms with van der Waals surface area (Å²) in [5, 5.41) is 12.5. The largest absolute Gasteiger partial charge is 0.480 e. The Kier molecular flexibility index (Phi) is 10.1. The average Bonchev–Trinajstić information content (AvgIpc) is 2.74. The molecule has 1 aromatic carbocycles. The van der Waals surface area contributed by atoms with Crippen molar-refractivity contribution in [3.63, 3.8) is 0 Å². The van der Waals surface area contributed by atoms with Gasteiger partial charge in [0, 0.05) is 25.8 Å². The lowest BCUT2D eigenvalue weighted by Crippen LogP contribution is -2.41. The van der Waals surface area contributed by atoms with E-state index in [4.69, 9.17) is 9.47 Å². The van der Waals surface area contributed by atoms with E-state index in [0.29, 0.717) is 38.0 Å². The van der Waals surface area contributed by atoms with Crippen LogP contribution < -0.4 is 5.32 Å². The first-order chi connectivity index (χ1) is 14.1. The maximum Gasteiger partial charge on any atom is 0.320 e. The second kappa shape index (κ2) is 12.6. The van der Waals surface area contributed by atoms with E-state index in [-0.39, 0.29) is 18.8 Å². The molecule has 7 nitrogen and oxygen atoms in total. The third-order valence-corrected chi connectivity index (χ3v) is 5.33. The number of likely N-dealkylation sites (tertiary alicyclic amines) is 1. The molecule has 0 bridgehead atoms. The Hall–Kier alpha value is -1.96. The first-order valence-electron chi connectivity index (χ1n) is 10.5. The highest BCUT2D eigenvalue weighted by Crippen LogP contribution is 2.19. The summed E-state index contributed by atoms with van der Waals surface area (Å²) in [5.74, 6) is -0.784. The fourth-order valence-corrected chi connectivity index (χ4v) is 3.61. The fraction of sp³-hybridized carbons (Fsp3) is 0.636. The van der Waals surface area contributed by atoms with Crippen molar-refractivity contribution in [1.29, 1.82) is 0 Å². The van der Waals surface area contributed by atoms with Crippen LogP contribution in [0.3, 0.4) is 0 Å². The molecular formula is C22H34N2O5. The van der Waals surface area contributed by atoms with Gasteiger partial charge in [-0.3, -0.25) is 9.59 Å². The molecule has 1 fully saturated rings. The van der Waals surface area contributed by atoms with E-state index in [1.807, 2.05) is 36.1 Å². The van der Waals surface area contributed by atoms with E-state index in [1.165, 1.54) is 0 Å². The molecule has 2 rings (SSSR count). The molecule has 1 atom stereocenters. The SMILES string of the molecule is CCCC[C@H](NCCc1ccccc1C(=O)N1CCC(OCOC)CC1)C(=O)O. The van der Waals surface area contributed by atoms with Gasteiger partial charge in [-0.2, -0.15) is 0 Å². The van der Waals surface area contributed by atoms with Gasteiger partial charge in [-0.1, -0.05) is 38.0 Å². The van der Waals surface area contributed by atoms with Crippen LogP contribution in [-0.4, -0.2) is 67.6 Å². The van der Waals surface area contributed by atoms with Gasteiger partial charge in [0.05, 0.1) is 6.10 Å². The van der Waals surface area contributed by atoms with E-state index in [2.05, 4.69) is 5.32 Å². The molecule has 0 aromatic heterocycles. The van der Waals surface area contributed by atoms with Gasteiger partial charge in [-0.15, -0.1) is 0 Å². The Morgan fingerprint density at radius 1 is 1.28 bits per heavy atom. The number of ether oxygens (including phenoxy) is 2. The molecule has 0 aliphatic carbocycles. The summed E-state index contributed by atoms with van der Waals surface area (Å²) >= 11 is 0. The number of nitrogens with zero attached hydrogens (tertiary/aromatic N) is 1. The van der Waals surface area contributed by atoms with Crippen LogP contribution in [0.25, 0.3) is 0 Å². The summed E-state index contributed by atoms with van der Waals surface area (Å²) in [6.07, 6.45) is 4.82. The number of hydrogen-bond donors (Lipinski definition) is 2. The minimum atomic E-state index is -0.818. The van der Waals surface area contributed by atoms with Gasteiger partial charge in [-0.25, -0.2) is 0 Å². The zero-order valence-electron chi connectivity index (χ0n) is 17.6. The summed E-state index contributed by atoms with van der Waals surface area (Å²) in [6, 6.07) is 7.06. The number of amides is 1. The molecule has 29 heavy (non-hydrogen) atoms. The van der Waals surface area contributed by atoms with Gasteiger partial charge in [-0.05, 0) is 43.9 Å². The molecule has 0 spiro atoms. The summed E-state index contributed by atoms with van der Waals surface area (Å²) in [6.45, 7) is 4.19. The molecule has 1 aliphatic rings. The quantitative estimate of drug-likeness (QED) is 0.519. The number of carbonyl (C=O) groups is 2. The highest BCUT2D eigenvalue weighted by Gasteiger charge is 2.25. The number of methoxy groups -OCH3 is 1. The Labute approximate surface area is 173 Å². The number of unbranched alkanes of at least 4 members (excludes halogenated alkanes) is 1. The predicted molar refractivity (Wildman–Crippen MR) is 111 cm³/mol. The van der Waals surface area contributed by atoms with Crippen LogP contribution in [0.4, 0.5) is 0 Å². The van der Waals surface area contributed by atoms with E-state index in [0.717, 1.165) is 31.2 Å². The summed E-state index contributed by atoms with van der Waals surface area (Å²) in [5.41, 5.74) is 1.65. The van der Waals surface area contributed by atoms with Crippen LogP contribution >= 0.6 is 0 Å². The molecule has 1 aromatic rings. The molecule has 0 unspecified atom stereocenters. The second-order valence-electron chi connectivity index (χ2n) is 7.46. The van der Waals surface area contributed by atoms with Crippen LogP contribution in [0.15, 0.2) is 24.3 Å². The number of rotatable bonds is 12. The standard InChI is InChI=1S/C22H34N2O5/c1-3-4-9-20(22(26)27)23-13-10-17-7-5-6-8-19(17)21(25)24-14-11-18(12-15-24)29-16-28-2/h5-8,18,20,23H,3-4,9-16H2,1-2H3,(H,26,27)/t20-/m0/s1. The summed E-state index contributed by atoms with van der Waals surface area (Å²) < 4.78 is 10.5. The van der Waals surface area contributed by atoms with E-state index in [1.54, 1.807) is 7.11 Å². The van der Waals surface area contributed by atoms with Crippen LogP contribution in [0.5, 0.6) is 0 Å². The van der Waals surface area contributed by atoms with Crippen molar-refractivity contribution in [2.75, 3.05) is 33.5 Å². The monoisotopic (exact) mass is 406 g/mol. The number of carbonyl (C=O) groups excluding carboxylic acids is 1. The number of nitrogens with one attached hydrogen (secondary N) is 1. The molecule has 0 saturated carbocycles. The number of benzene rings is 1. The number of hydrogen-bond acceptors (Lipinski definition) is 5. The molecule has 1 amide bonds. The number of piperidine rings is 1. The summed E-state index contributed by atoms with van der Waals surface area (Å²) in [4.78, 5) is 26.3. The number of carboxylic acids is 1. The highest BCUT2D eigenvalue weighted by molar-refractivity contribution is 5.95. The maximum atomic E-state index is 13.0. The topological polar surface area (TPSA) is 88.1 Å². The van der Waals surface area contributed by atoms with Gasteiger partial charge in [0.15, 0.2) is 0 Å². The van der Waals surface area contributed by atoms with Gasteiger partial charge >= 0.3 is 5.97 Å². The molecule has 1 aliphatic heterocycles. The van der Waals surface area contributed by atoms with Crippen molar-refractivity contribution in [1.82, 2.24) is 10.2 Å². The first kappa shape index (κ1) is 23.3. The van der Waals surface area contributed by atoms with Gasteiger partial charge in [0.25, 0.3) is 5.91 Å². The first-order valence-corrected chi connectivity index (χ1v) is 10.5. The van der Waals surface area contributed by atoms with Crippen molar-refractivity contribution in [2.24, 2.45) is 0 Å². The number of carboxylic acid groups (broad SMARTS) is 1. The molecule has 2 N–H and O–H groups in total. The van der Waals surface area contributed by atoms with E-state index in [9.17, 15) is 14.7 Å². The lowest BCUT2D eigenvalue weighted by atomic mass is 10.0. The lowest BCUT2D eigenvalue weighted by Gasteiger charge is -2.32. The zero-order valence-corrected chi connectivity index (χ0v) is 17.6. The predicted octanol–water partition coefficient (Wildman–Crippen LogP) is 2.69. The summed E-state index contributed by atoms with van der Waals surface area (Å²) in [7, 11) is 1.60. The van der Waals surface area contributed by atoms with Crippen LogP contribution in [0, 0.1) is 0 Å². The van der Waals surface area contributed by atoms with Gasteiger partial charge in [0.1, 0.15) is 12.8 Å². The molecule has 162 valence electrons. The Morgan fingerprint density at radius 2 is 2.00 bits per heavy atom. The van der Waals surface area contributed by atoms with Crippen molar-refractivity contribution >= 4 is 11.9 Å². The third kappa shape index (κ3) is 7.42. The minimum Gasteiger partial charge on any atom is -0.480 e. The van der Waals surface area contributed by atoms with Gasteiger partial charge in [0.2, 0.25) is 0 Å². The Bertz CT molecular complexity index is 644. The molecule has 0 radical (unpaired) electrons. The molecule has 1 saturated heterocycles. The fourth-order valence-electron chi connectivity index (χ4n) is 3.61. The highest BCUT2D eigenvalue weighted by atomic mass is 16.7. The van der Waals surface area contributed by atoms with Crippen molar-refractivity contribution in [3.05, 3.63) is 35.4 Å².